The van der Waals surface area contributed by atoms with Crippen LogP contribution in [0, 0.1) is 5.82 Å². The van der Waals surface area contributed by atoms with Crippen molar-refractivity contribution in [2.45, 2.75) is 26.3 Å². The van der Waals surface area contributed by atoms with Crippen LogP contribution >= 0.6 is 11.6 Å². The maximum Gasteiger partial charge on any atom is 0.164 e. The number of nitrogens with one attached hydrogen (secondary N) is 1. The van der Waals surface area contributed by atoms with E-state index in [0.717, 1.165) is 0 Å². The van der Waals surface area contributed by atoms with Gasteiger partial charge in [-0.2, -0.15) is 0 Å². The summed E-state index contributed by atoms with van der Waals surface area (Å²) in [6.07, 6.45) is 0. The lowest BCUT2D eigenvalue weighted by atomic mass is 10.1. The zero-order valence-corrected chi connectivity index (χ0v) is 8.74. The molecule has 0 unspecified atom stereocenters. The predicted octanol–water partition coefficient (Wildman–Crippen LogP) is 3.69. The van der Waals surface area contributed by atoms with Gasteiger partial charge in [0.1, 0.15) is 0 Å². The molecule has 0 spiro atoms. The van der Waals surface area contributed by atoms with Crippen molar-refractivity contribution in [1.82, 2.24) is 0 Å². The average molecular weight is 202 g/mol. The molecule has 0 heterocycles. The Bertz CT molecular complexity index is 304. The van der Waals surface area contributed by atoms with E-state index < -0.39 is 0 Å². The molecule has 0 radical (unpaired) electrons. The van der Waals surface area contributed by atoms with Gasteiger partial charge in [0.2, 0.25) is 0 Å². The van der Waals surface area contributed by atoms with Crippen molar-refractivity contribution in [3.05, 3.63) is 29.0 Å². The topological polar surface area (TPSA) is 12.0 Å². The van der Waals surface area contributed by atoms with Gasteiger partial charge < -0.3 is 5.32 Å². The average Bonchev–Trinajstić information content (AvgIpc) is 1.96. The molecule has 0 amide bonds. The highest BCUT2D eigenvalue weighted by Crippen LogP contribution is 2.24. The van der Waals surface area contributed by atoms with Gasteiger partial charge in [-0.15, -0.1) is 0 Å². The Kier molecular flexibility index (Phi) is 2.81. The molecule has 0 aliphatic rings. The van der Waals surface area contributed by atoms with Gasteiger partial charge in [0.05, 0.1) is 10.7 Å². The molecule has 0 bridgehead atoms. The normalized spacial score (nSPS) is 11.5. The number of halogens is 2. The highest BCUT2D eigenvalue weighted by molar-refractivity contribution is 6.31. The lowest BCUT2D eigenvalue weighted by Crippen LogP contribution is -2.26. The monoisotopic (exact) mass is 201 g/mol. The van der Waals surface area contributed by atoms with Crippen LogP contribution in [0.4, 0.5) is 10.1 Å². The van der Waals surface area contributed by atoms with Crippen LogP contribution in [0.5, 0.6) is 0 Å². The molecule has 3 heteroatoms. The van der Waals surface area contributed by atoms with Gasteiger partial charge in [-0.05, 0) is 32.9 Å². The van der Waals surface area contributed by atoms with Crippen LogP contribution in [-0.4, -0.2) is 5.54 Å². The Hall–Kier alpha value is -0.760. The molecule has 0 saturated carbocycles. The number of rotatable bonds is 1. The van der Waals surface area contributed by atoms with Crippen LogP contribution in [0.1, 0.15) is 20.8 Å². The summed E-state index contributed by atoms with van der Waals surface area (Å²) < 4.78 is 13.3. The van der Waals surface area contributed by atoms with Crippen LogP contribution in [0.25, 0.3) is 0 Å². The van der Waals surface area contributed by atoms with E-state index in [9.17, 15) is 4.39 Å². The second-order valence-electron chi connectivity index (χ2n) is 3.98. The number of benzene rings is 1. The molecule has 1 aromatic rings. The molecule has 1 N–H and O–H groups in total. The van der Waals surface area contributed by atoms with Gasteiger partial charge in [-0.1, -0.05) is 17.7 Å². The van der Waals surface area contributed by atoms with E-state index in [1.165, 1.54) is 6.07 Å². The number of anilines is 1. The van der Waals surface area contributed by atoms with Gasteiger partial charge >= 0.3 is 0 Å². The largest absolute Gasteiger partial charge is 0.378 e. The van der Waals surface area contributed by atoms with E-state index in [1.807, 2.05) is 20.8 Å². The zero-order chi connectivity index (χ0) is 10.1. The Morgan fingerprint density at radius 3 is 2.46 bits per heavy atom. The fourth-order valence-corrected chi connectivity index (χ4v) is 1.18. The number of hydrogen-bond acceptors (Lipinski definition) is 1. The minimum atomic E-state index is -0.390. The fraction of sp³-hybridized carbons (Fsp3) is 0.400. The standard InChI is InChI=1S/C10H13ClFN/c1-10(2,3)13-8-6-4-5-7(11)9(8)12/h4-6,13H,1-3H3. The van der Waals surface area contributed by atoms with Gasteiger partial charge in [-0.25, -0.2) is 4.39 Å². The molecule has 0 fully saturated rings. The van der Waals surface area contributed by atoms with E-state index in [2.05, 4.69) is 5.32 Å². The Morgan fingerprint density at radius 2 is 1.92 bits per heavy atom. The molecular weight excluding hydrogens is 189 g/mol. The third kappa shape index (κ3) is 2.88. The minimum absolute atomic E-state index is 0.147. The molecule has 1 nitrogen and oxygen atoms in total. The third-order valence-electron chi connectivity index (χ3n) is 1.46. The molecule has 1 rings (SSSR count). The first-order valence-electron chi connectivity index (χ1n) is 4.12. The highest BCUT2D eigenvalue weighted by Gasteiger charge is 2.13. The number of hydrogen-bond donors (Lipinski definition) is 1. The van der Waals surface area contributed by atoms with Crippen molar-refractivity contribution in [2.24, 2.45) is 0 Å². The Balaban J connectivity index is 2.96. The van der Waals surface area contributed by atoms with Crippen molar-refractivity contribution >= 4 is 17.3 Å². The molecule has 0 aromatic heterocycles. The van der Waals surface area contributed by atoms with Gasteiger partial charge in [0.25, 0.3) is 0 Å². The molecule has 13 heavy (non-hydrogen) atoms. The summed E-state index contributed by atoms with van der Waals surface area (Å²) in [6, 6.07) is 4.93. The van der Waals surface area contributed by atoms with E-state index >= 15 is 0 Å². The van der Waals surface area contributed by atoms with Crippen LogP contribution in [0.15, 0.2) is 18.2 Å². The molecule has 0 aliphatic heterocycles. The molecule has 0 aliphatic carbocycles. The summed E-state index contributed by atoms with van der Waals surface area (Å²) in [6.45, 7) is 5.90. The van der Waals surface area contributed by atoms with Crippen LogP contribution < -0.4 is 5.32 Å². The van der Waals surface area contributed by atoms with E-state index in [1.54, 1.807) is 12.1 Å². The van der Waals surface area contributed by atoms with E-state index in [-0.39, 0.29) is 16.4 Å². The second kappa shape index (κ2) is 3.54. The summed E-state index contributed by atoms with van der Waals surface area (Å²) >= 11 is 5.63. The van der Waals surface area contributed by atoms with E-state index in [0.29, 0.717) is 5.69 Å². The molecule has 0 atom stereocenters. The third-order valence-corrected chi connectivity index (χ3v) is 1.75. The summed E-state index contributed by atoms with van der Waals surface area (Å²) in [4.78, 5) is 0. The first-order valence-corrected chi connectivity index (χ1v) is 4.50. The quantitative estimate of drug-likeness (QED) is 0.731. The van der Waals surface area contributed by atoms with E-state index in [4.69, 9.17) is 11.6 Å². The van der Waals surface area contributed by atoms with Crippen LogP contribution in [0.3, 0.4) is 0 Å². The summed E-state index contributed by atoms with van der Waals surface area (Å²) in [5.41, 5.74) is 0.283. The van der Waals surface area contributed by atoms with Gasteiger partial charge in [0.15, 0.2) is 5.82 Å². The zero-order valence-electron chi connectivity index (χ0n) is 7.99. The van der Waals surface area contributed by atoms with Crippen molar-refractivity contribution in [3.63, 3.8) is 0 Å². The predicted molar refractivity (Wildman–Crippen MR) is 54.8 cm³/mol. The van der Waals surface area contributed by atoms with Crippen molar-refractivity contribution in [3.8, 4) is 0 Å². The SMILES string of the molecule is CC(C)(C)Nc1cccc(Cl)c1F. The maximum absolute atomic E-state index is 13.3. The van der Waals surface area contributed by atoms with Crippen molar-refractivity contribution < 1.29 is 4.39 Å². The second-order valence-corrected chi connectivity index (χ2v) is 4.38. The lowest BCUT2D eigenvalue weighted by Gasteiger charge is -2.22. The summed E-state index contributed by atoms with van der Waals surface area (Å²) in [7, 11) is 0. The first-order chi connectivity index (χ1) is 5.90. The molecule has 1 aromatic carbocycles. The fourth-order valence-electron chi connectivity index (χ4n) is 1.00. The van der Waals surface area contributed by atoms with Crippen LogP contribution in [-0.2, 0) is 0 Å². The summed E-state index contributed by atoms with van der Waals surface area (Å²) in [5, 5.41) is 3.18. The van der Waals surface area contributed by atoms with Gasteiger partial charge in [-0.3, -0.25) is 0 Å². The molecule has 72 valence electrons. The Labute approximate surface area is 82.9 Å². The Morgan fingerprint density at radius 1 is 1.31 bits per heavy atom. The minimum Gasteiger partial charge on any atom is -0.378 e. The highest BCUT2D eigenvalue weighted by atomic mass is 35.5. The van der Waals surface area contributed by atoms with Crippen LogP contribution in [0.2, 0.25) is 5.02 Å². The van der Waals surface area contributed by atoms with Gasteiger partial charge in [0, 0.05) is 5.54 Å². The van der Waals surface area contributed by atoms with Crippen molar-refractivity contribution in [1.29, 1.82) is 0 Å². The molecule has 0 saturated heterocycles. The smallest absolute Gasteiger partial charge is 0.164 e. The summed E-state index contributed by atoms with van der Waals surface area (Å²) in [5.74, 6) is -0.390. The lowest BCUT2D eigenvalue weighted by molar-refractivity contribution is 0.598. The van der Waals surface area contributed by atoms with Crippen molar-refractivity contribution in [2.75, 3.05) is 5.32 Å². The first kappa shape index (κ1) is 10.3. The molecular formula is C10H13ClFN. The maximum atomic E-state index is 13.3.